The second-order valence-electron chi connectivity index (χ2n) is 10.6. The van der Waals surface area contributed by atoms with Crippen LogP contribution in [0.4, 0.5) is 0 Å². The smallest absolute Gasteiger partial charge is 0.115 e. The van der Waals surface area contributed by atoms with Crippen LogP contribution in [0.1, 0.15) is 114 Å². The number of thiazole rings is 3. The molecule has 11 rings (SSSR count). The number of para-hydroxylation sites is 2. The first-order valence-electron chi connectivity index (χ1n) is 23.6. The zero-order valence-electron chi connectivity index (χ0n) is 42.7. The molecule has 1 aliphatic carbocycles. The molecule has 12 heteroatoms. The first-order valence-corrected chi connectivity index (χ1v) is 26.3. The molecule has 0 amide bonds. The van der Waals surface area contributed by atoms with E-state index in [1.54, 1.807) is 82.8 Å². The molecule has 0 aliphatic heterocycles. The normalized spacial score (nSPS) is 8.87. The molecule has 9 nitrogen and oxygen atoms in total. The van der Waals surface area contributed by atoms with Crippen LogP contribution in [0.2, 0.25) is 0 Å². The molecule has 1 N–H and O–H groups in total. The minimum absolute atomic E-state index is 1.03. The van der Waals surface area contributed by atoms with E-state index in [0.29, 0.717) is 0 Å². The molecule has 0 saturated carbocycles. The van der Waals surface area contributed by atoms with Crippen LogP contribution in [0.15, 0.2) is 181 Å². The predicted octanol–water partition coefficient (Wildman–Crippen LogP) is 17.6. The number of pyridine rings is 3. The summed E-state index contributed by atoms with van der Waals surface area (Å²) in [6.07, 6.45) is 19.5. The van der Waals surface area contributed by atoms with Gasteiger partial charge in [-0.15, -0.1) is 34.0 Å². The summed E-state index contributed by atoms with van der Waals surface area (Å²) in [6, 6.07) is 33.6. The SMILES string of the molecule is CC.CC.CC.CC.CC.CC.CC.c1ccc2ncccc2c1.c1ccc2scnc2c1.c1ccncc1.c1cnc2cc[nH]c2c1.c1cncnc1.c1cscn1.c1nc2c(s1)CCC2. The van der Waals surface area contributed by atoms with Crippen molar-refractivity contribution >= 4 is 66.2 Å². The molecule has 0 bridgehead atoms. The summed E-state index contributed by atoms with van der Waals surface area (Å²) < 4.78 is 1.26. The summed E-state index contributed by atoms with van der Waals surface area (Å²) in [4.78, 5) is 36.1. The number of nitrogens with one attached hydrogen (secondary N) is 1. The summed E-state index contributed by atoms with van der Waals surface area (Å²) in [5.41, 5.74) is 11.2. The lowest BCUT2D eigenvalue weighted by Crippen LogP contribution is -1.73. The molecule has 2 aromatic carbocycles. The van der Waals surface area contributed by atoms with Crippen molar-refractivity contribution in [3.63, 3.8) is 0 Å². The van der Waals surface area contributed by atoms with Crippen molar-refractivity contribution in [2.75, 3.05) is 0 Å². The molecule has 8 heterocycles. The first-order chi connectivity index (χ1) is 33.4. The maximum atomic E-state index is 4.22. The summed E-state index contributed by atoms with van der Waals surface area (Å²) in [5.74, 6) is 0. The monoisotopic (exact) mass is 962 g/mol. The predicted molar refractivity (Wildman–Crippen MR) is 299 cm³/mol. The molecule has 0 fully saturated rings. The van der Waals surface area contributed by atoms with Crippen LogP contribution in [-0.2, 0) is 12.8 Å². The Hall–Kier alpha value is -6.08. The quantitative estimate of drug-likeness (QED) is 0.160. The molecule has 10 aromatic rings. The van der Waals surface area contributed by atoms with E-state index < -0.39 is 0 Å². The zero-order chi connectivity index (χ0) is 50.4. The molecule has 362 valence electrons. The summed E-state index contributed by atoms with van der Waals surface area (Å²) in [7, 11) is 0. The van der Waals surface area contributed by atoms with Crippen LogP contribution in [0.5, 0.6) is 0 Å². The number of hydrogen-bond donors (Lipinski definition) is 1. The van der Waals surface area contributed by atoms with Gasteiger partial charge in [0.2, 0.25) is 0 Å². The van der Waals surface area contributed by atoms with Crippen molar-refractivity contribution in [2.45, 2.75) is 116 Å². The molecule has 0 saturated heterocycles. The summed E-state index contributed by atoms with van der Waals surface area (Å²) in [5, 5.41) is 3.13. The molecule has 0 spiro atoms. The summed E-state index contributed by atoms with van der Waals surface area (Å²) in [6.45, 7) is 28.0. The average Bonchev–Trinajstić information content (AvgIpc) is 4.34. The van der Waals surface area contributed by atoms with Crippen LogP contribution >= 0.6 is 34.0 Å². The molecule has 0 radical (unpaired) electrons. The van der Waals surface area contributed by atoms with Gasteiger partial charge in [-0.1, -0.05) is 139 Å². The molecule has 8 aromatic heterocycles. The number of aromatic nitrogens is 9. The lowest BCUT2D eigenvalue weighted by Gasteiger charge is -1.91. The highest BCUT2D eigenvalue weighted by Crippen LogP contribution is 2.23. The van der Waals surface area contributed by atoms with Crippen molar-refractivity contribution in [2.24, 2.45) is 0 Å². The Balaban J connectivity index is -0.000000688. The Kier molecular flexibility index (Phi) is 51.1. The Bertz CT molecular complexity index is 2050. The van der Waals surface area contributed by atoms with E-state index in [-0.39, 0.29) is 0 Å². The van der Waals surface area contributed by atoms with Gasteiger partial charge in [-0.25, -0.2) is 19.9 Å². The van der Waals surface area contributed by atoms with Gasteiger partial charge in [-0.3, -0.25) is 19.9 Å². The third-order valence-corrected chi connectivity index (χ3v) is 9.27. The standard InChI is InChI=1S/C9H7N.C7H6N2.C7H5NS.C6H7NS.C5H5N.C4H4N2.C3H3NS.7C2H6/c1-2-6-9-8(4-1)5-3-7-10-9;1-2-6-7(8-4-1)3-5-9-6;1-2-4-7-6(3-1)8-5-9-7;1-2-5-6(3-1)8-4-7-5;1-2-4-6-5-3-1;1-2-5-4-6-3-1;1-2-5-3-4-1;7*1-2/h1-7H;1-5,9H;1-5H;4H,1-3H2;1-5H;1-4H;1-3H;7*1-2H3. The fraction of sp³-hybridized carbons (Fsp3) is 0.309. The minimum Gasteiger partial charge on any atom is -0.360 e. The Morgan fingerprint density at radius 3 is 1.49 bits per heavy atom. The number of aromatic amines is 1. The third kappa shape index (κ3) is 32.3. The fourth-order valence-electron chi connectivity index (χ4n) is 4.56. The second-order valence-corrected chi connectivity index (χ2v) is 13.2. The van der Waals surface area contributed by atoms with E-state index in [0.717, 1.165) is 22.1 Å². The van der Waals surface area contributed by atoms with Crippen molar-refractivity contribution in [3.8, 4) is 0 Å². The first kappa shape index (κ1) is 65.2. The van der Waals surface area contributed by atoms with Crippen molar-refractivity contribution in [3.05, 3.63) is 192 Å². The van der Waals surface area contributed by atoms with Gasteiger partial charge in [0, 0.05) is 65.2 Å². The third-order valence-electron chi connectivity index (χ3n) is 7.00. The number of benzene rings is 2. The Morgan fingerprint density at radius 1 is 0.418 bits per heavy atom. The molecule has 0 atom stereocenters. The van der Waals surface area contributed by atoms with E-state index in [9.17, 15) is 0 Å². The number of aryl methyl sites for hydroxylation is 2. The van der Waals surface area contributed by atoms with Crippen molar-refractivity contribution in [1.29, 1.82) is 0 Å². The average molecular weight is 963 g/mol. The second kappa shape index (κ2) is 52.5. The van der Waals surface area contributed by atoms with Gasteiger partial charge < -0.3 is 4.98 Å². The van der Waals surface area contributed by atoms with Gasteiger partial charge in [-0.2, -0.15) is 0 Å². The number of H-pyrrole nitrogens is 1. The highest BCUT2D eigenvalue weighted by Gasteiger charge is 2.11. The lowest BCUT2D eigenvalue weighted by atomic mass is 10.2. The molecule has 0 unspecified atom stereocenters. The topological polar surface area (TPSA) is 119 Å². The number of fused-ring (bicyclic) bond motifs is 4. The van der Waals surface area contributed by atoms with Gasteiger partial charge in [0.25, 0.3) is 0 Å². The van der Waals surface area contributed by atoms with E-state index in [1.165, 1.54) is 46.2 Å². The van der Waals surface area contributed by atoms with Crippen LogP contribution in [-0.4, -0.2) is 44.9 Å². The lowest BCUT2D eigenvalue weighted by molar-refractivity contribution is 0.899. The van der Waals surface area contributed by atoms with Crippen molar-refractivity contribution in [1.82, 2.24) is 44.9 Å². The highest BCUT2D eigenvalue weighted by molar-refractivity contribution is 7.16. The Labute approximate surface area is 416 Å². The largest absolute Gasteiger partial charge is 0.360 e. The maximum absolute atomic E-state index is 4.22. The van der Waals surface area contributed by atoms with Crippen LogP contribution in [0.3, 0.4) is 0 Å². The molecular weight excluding hydrogens is 883 g/mol. The van der Waals surface area contributed by atoms with Crippen molar-refractivity contribution < 1.29 is 0 Å². The van der Waals surface area contributed by atoms with Gasteiger partial charge in [0.05, 0.1) is 49.0 Å². The number of nitrogens with zero attached hydrogens (tertiary/aromatic N) is 8. The van der Waals surface area contributed by atoms with Gasteiger partial charge in [0.15, 0.2) is 0 Å². The van der Waals surface area contributed by atoms with E-state index >= 15 is 0 Å². The van der Waals surface area contributed by atoms with Gasteiger partial charge in [0.1, 0.15) is 6.33 Å². The van der Waals surface area contributed by atoms with E-state index in [1.807, 2.05) is 205 Å². The molecule has 1 aliphatic rings. The minimum atomic E-state index is 1.03. The highest BCUT2D eigenvalue weighted by atomic mass is 32.1. The fourth-order valence-corrected chi connectivity index (χ4v) is 6.45. The van der Waals surface area contributed by atoms with Crippen LogP contribution in [0, 0.1) is 0 Å². The van der Waals surface area contributed by atoms with Crippen LogP contribution < -0.4 is 0 Å². The van der Waals surface area contributed by atoms with Crippen LogP contribution in [0.25, 0.3) is 32.2 Å². The zero-order valence-corrected chi connectivity index (χ0v) is 45.2. The number of rotatable bonds is 0. The maximum Gasteiger partial charge on any atom is 0.115 e. The van der Waals surface area contributed by atoms with Gasteiger partial charge in [-0.05, 0) is 79.9 Å². The summed E-state index contributed by atoms with van der Waals surface area (Å²) >= 11 is 5.08. The molecule has 67 heavy (non-hydrogen) atoms. The number of hydrogen-bond acceptors (Lipinski definition) is 11. The van der Waals surface area contributed by atoms with E-state index in [4.69, 9.17) is 0 Å². The van der Waals surface area contributed by atoms with E-state index in [2.05, 4.69) is 63.1 Å². The Morgan fingerprint density at radius 2 is 1.00 bits per heavy atom. The van der Waals surface area contributed by atoms with Gasteiger partial charge >= 0.3 is 0 Å². The molecular formula is C55H79N9S3.